The molecule has 0 bridgehead atoms. The summed E-state index contributed by atoms with van der Waals surface area (Å²) in [6.45, 7) is 7.36. The number of carbonyl (C=O) groups excluding carboxylic acids is 1. The molecule has 0 spiro atoms. The van der Waals surface area contributed by atoms with Crippen molar-refractivity contribution < 1.29 is 9.18 Å². The van der Waals surface area contributed by atoms with Crippen LogP contribution < -0.4 is 5.32 Å². The molecule has 0 aliphatic carbocycles. The smallest absolute Gasteiger partial charge is 0.278 e. The van der Waals surface area contributed by atoms with Gasteiger partial charge in [0.2, 0.25) is 0 Å². The van der Waals surface area contributed by atoms with E-state index in [1.165, 1.54) is 10.7 Å². The Morgan fingerprint density at radius 2 is 1.84 bits per heavy atom. The van der Waals surface area contributed by atoms with Gasteiger partial charge in [0.15, 0.2) is 5.69 Å². The average molecular weight is 338 g/mol. The van der Waals surface area contributed by atoms with Gasteiger partial charge in [0.1, 0.15) is 5.82 Å². The molecule has 1 aromatic heterocycles. The second-order valence-corrected chi connectivity index (χ2v) is 6.07. The summed E-state index contributed by atoms with van der Waals surface area (Å²) >= 11 is 0. The maximum absolute atomic E-state index is 13.8. The molecule has 1 N–H and O–H groups in total. The zero-order valence-corrected chi connectivity index (χ0v) is 14.6. The third kappa shape index (κ3) is 3.15. The van der Waals surface area contributed by atoms with Crippen molar-refractivity contribution >= 4 is 11.6 Å². The average Bonchev–Trinajstić information content (AvgIpc) is 2.96. The quantitative estimate of drug-likeness (QED) is 0.788. The molecule has 1 amide bonds. The van der Waals surface area contributed by atoms with E-state index in [0.717, 1.165) is 16.8 Å². The van der Waals surface area contributed by atoms with Gasteiger partial charge in [-0.05, 0) is 62.6 Å². The Morgan fingerprint density at radius 1 is 1.08 bits per heavy atom. The van der Waals surface area contributed by atoms with E-state index < -0.39 is 0 Å². The lowest BCUT2D eigenvalue weighted by molar-refractivity contribution is 0.102. The van der Waals surface area contributed by atoms with Gasteiger partial charge >= 0.3 is 0 Å². The summed E-state index contributed by atoms with van der Waals surface area (Å²) in [5, 5.41) is 10.8. The first-order valence-corrected chi connectivity index (χ1v) is 7.95. The highest BCUT2D eigenvalue weighted by molar-refractivity contribution is 6.04. The van der Waals surface area contributed by atoms with Crippen molar-refractivity contribution in [2.45, 2.75) is 27.7 Å². The minimum absolute atomic E-state index is 0.210. The summed E-state index contributed by atoms with van der Waals surface area (Å²) in [7, 11) is 0. The molecule has 0 unspecified atom stereocenters. The Labute approximate surface area is 145 Å². The van der Waals surface area contributed by atoms with Gasteiger partial charge in [-0.15, -0.1) is 5.10 Å². The third-order valence-corrected chi connectivity index (χ3v) is 4.36. The van der Waals surface area contributed by atoms with Crippen molar-refractivity contribution in [3.63, 3.8) is 0 Å². The molecule has 0 aliphatic rings. The molecule has 0 saturated carbocycles. The fourth-order valence-electron chi connectivity index (χ4n) is 2.57. The van der Waals surface area contributed by atoms with Crippen LogP contribution in [-0.2, 0) is 0 Å². The molecule has 6 heteroatoms. The minimum atomic E-state index is -0.343. The predicted octanol–water partition coefficient (Wildman–Crippen LogP) is 3.89. The highest BCUT2D eigenvalue weighted by Crippen LogP contribution is 2.20. The molecule has 3 aromatic rings. The van der Waals surface area contributed by atoms with Crippen LogP contribution >= 0.6 is 0 Å². The highest BCUT2D eigenvalue weighted by Gasteiger charge is 2.18. The van der Waals surface area contributed by atoms with E-state index in [1.54, 1.807) is 26.0 Å². The number of hydrogen-bond acceptors (Lipinski definition) is 3. The molecule has 0 radical (unpaired) electrons. The molecule has 1 heterocycles. The van der Waals surface area contributed by atoms with E-state index >= 15 is 0 Å². The van der Waals surface area contributed by atoms with Gasteiger partial charge in [-0.2, -0.15) is 0 Å². The molecular formula is C19H19FN4O. The number of benzene rings is 2. The number of hydrogen-bond donors (Lipinski definition) is 1. The lowest BCUT2D eigenvalue weighted by atomic mass is 10.1. The number of nitrogens with one attached hydrogen (secondary N) is 1. The molecular weight excluding hydrogens is 319 g/mol. The second kappa shape index (κ2) is 6.47. The fraction of sp³-hybridized carbons (Fsp3) is 0.211. The maximum atomic E-state index is 13.8. The van der Waals surface area contributed by atoms with Crippen LogP contribution in [0.1, 0.15) is 32.9 Å². The Kier molecular flexibility index (Phi) is 4.35. The topological polar surface area (TPSA) is 59.8 Å². The van der Waals surface area contributed by atoms with Crippen molar-refractivity contribution in [1.29, 1.82) is 0 Å². The number of rotatable bonds is 3. The van der Waals surface area contributed by atoms with Gasteiger partial charge < -0.3 is 5.32 Å². The summed E-state index contributed by atoms with van der Waals surface area (Å²) in [4.78, 5) is 12.6. The first kappa shape index (κ1) is 16.8. The molecule has 0 fully saturated rings. The third-order valence-electron chi connectivity index (χ3n) is 4.36. The van der Waals surface area contributed by atoms with Crippen molar-refractivity contribution in [3.05, 3.63) is 70.3 Å². The number of carbonyl (C=O) groups is 1. The van der Waals surface area contributed by atoms with Crippen LogP contribution in [0.4, 0.5) is 10.1 Å². The number of aromatic nitrogens is 3. The molecule has 0 aliphatic heterocycles. The van der Waals surface area contributed by atoms with Crippen LogP contribution in [0.25, 0.3) is 5.69 Å². The van der Waals surface area contributed by atoms with E-state index in [-0.39, 0.29) is 17.4 Å². The largest absolute Gasteiger partial charge is 0.320 e. The van der Waals surface area contributed by atoms with Gasteiger partial charge in [-0.25, -0.2) is 9.07 Å². The maximum Gasteiger partial charge on any atom is 0.278 e. The van der Waals surface area contributed by atoms with Crippen LogP contribution in [-0.4, -0.2) is 20.9 Å². The Hall–Kier alpha value is -3.02. The van der Waals surface area contributed by atoms with Crippen molar-refractivity contribution in [2.24, 2.45) is 0 Å². The summed E-state index contributed by atoms with van der Waals surface area (Å²) in [5.74, 6) is -0.668. The van der Waals surface area contributed by atoms with Crippen LogP contribution in [0, 0.1) is 33.5 Å². The van der Waals surface area contributed by atoms with Gasteiger partial charge in [-0.3, -0.25) is 4.79 Å². The summed E-state index contributed by atoms with van der Waals surface area (Å²) in [5.41, 5.74) is 4.66. The second-order valence-electron chi connectivity index (χ2n) is 6.07. The molecule has 25 heavy (non-hydrogen) atoms. The Balaban J connectivity index is 1.91. The van der Waals surface area contributed by atoms with E-state index in [4.69, 9.17) is 0 Å². The van der Waals surface area contributed by atoms with E-state index in [0.29, 0.717) is 16.9 Å². The lowest BCUT2D eigenvalue weighted by Crippen LogP contribution is -2.15. The van der Waals surface area contributed by atoms with E-state index in [1.807, 2.05) is 32.0 Å². The number of aryl methyl sites for hydroxylation is 2. The van der Waals surface area contributed by atoms with Gasteiger partial charge in [0.05, 0.1) is 11.4 Å². The Morgan fingerprint density at radius 3 is 2.56 bits per heavy atom. The number of anilines is 1. The van der Waals surface area contributed by atoms with Crippen LogP contribution in [0.2, 0.25) is 0 Å². The predicted molar refractivity (Wildman–Crippen MR) is 94.7 cm³/mol. The monoisotopic (exact) mass is 338 g/mol. The minimum Gasteiger partial charge on any atom is -0.320 e. The molecule has 128 valence electrons. The normalized spacial score (nSPS) is 10.8. The zero-order chi connectivity index (χ0) is 18.1. The van der Waals surface area contributed by atoms with Gasteiger partial charge in [0.25, 0.3) is 5.91 Å². The Bertz CT molecular complexity index is 962. The SMILES string of the molecule is Cc1ccc(-n2nnc(C(=O)Nc3cccc(C)c3C)c2C)cc1F. The number of nitrogens with zero attached hydrogens (tertiary/aromatic N) is 3. The van der Waals surface area contributed by atoms with Crippen LogP contribution in [0.15, 0.2) is 36.4 Å². The summed E-state index contributed by atoms with van der Waals surface area (Å²) in [6, 6.07) is 10.5. The molecule has 2 aromatic carbocycles. The number of amides is 1. The van der Waals surface area contributed by atoms with Crippen molar-refractivity contribution in [3.8, 4) is 5.69 Å². The van der Waals surface area contributed by atoms with Gasteiger partial charge in [0, 0.05) is 5.69 Å². The molecule has 3 rings (SSSR count). The molecule has 0 saturated heterocycles. The number of halogens is 1. The first-order chi connectivity index (χ1) is 11.9. The lowest BCUT2D eigenvalue weighted by Gasteiger charge is -2.09. The first-order valence-electron chi connectivity index (χ1n) is 7.95. The van der Waals surface area contributed by atoms with E-state index in [9.17, 15) is 9.18 Å². The standard InChI is InChI=1S/C19H19FN4O/c1-11-6-5-7-17(13(11)3)21-19(25)18-14(4)24(23-22-18)15-9-8-12(2)16(20)10-15/h5-10H,1-4H3,(H,21,25). The van der Waals surface area contributed by atoms with Crippen LogP contribution in [0.3, 0.4) is 0 Å². The molecule has 0 atom stereocenters. The summed E-state index contributed by atoms with van der Waals surface area (Å²) in [6.07, 6.45) is 0. The van der Waals surface area contributed by atoms with Crippen LogP contribution in [0.5, 0.6) is 0 Å². The van der Waals surface area contributed by atoms with E-state index in [2.05, 4.69) is 15.6 Å². The fourth-order valence-corrected chi connectivity index (χ4v) is 2.57. The van der Waals surface area contributed by atoms with Gasteiger partial charge in [-0.1, -0.05) is 23.4 Å². The van der Waals surface area contributed by atoms with Crippen molar-refractivity contribution in [2.75, 3.05) is 5.32 Å². The molecule has 5 nitrogen and oxygen atoms in total. The summed E-state index contributed by atoms with van der Waals surface area (Å²) < 4.78 is 15.2. The van der Waals surface area contributed by atoms with Crippen molar-refractivity contribution in [1.82, 2.24) is 15.0 Å². The zero-order valence-electron chi connectivity index (χ0n) is 14.6. The highest BCUT2D eigenvalue weighted by atomic mass is 19.1.